The number of methoxy groups -OCH3 is 1. The second-order valence-corrected chi connectivity index (χ2v) is 5.57. The molecule has 1 amide bonds. The third kappa shape index (κ3) is 2.80. The van der Waals surface area contributed by atoms with E-state index in [9.17, 15) is 4.79 Å². The normalized spacial score (nSPS) is 10.5. The zero-order chi connectivity index (χ0) is 15.6. The Morgan fingerprint density at radius 2 is 2.33 bits per heavy atom. The average Bonchev–Trinajstić information content (AvgIpc) is 3.02. The van der Waals surface area contributed by atoms with E-state index in [2.05, 4.69) is 10.3 Å². The molecule has 0 saturated carbocycles. The fraction of sp³-hybridized carbons (Fsp3) is 0.385. The Bertz CT molecular complexity index is 649. The number of imidazole rings is 1. The number of carbonyl (C=O) groups excluding carboxylic acids is 1. The highest BCUT2D eigenvalue weighted by Crippen LogP contribution is 2.44. The van der Waals surface area contributed by atoms with Crippen molar-refractivity contribution in [2.45, 2.75) is 6.54 Å². The quantitative estimate of drug-likeness (QED) is 0.863. The minimum Gasteiger partial charge on any atom is -0.492 e. The molecule has 0 fully saturated rings. The standard InChI is InChI=1S/C13H19N5O2S/c1-15-12(19)11-9(14)10(20-4)13(21-11)18(3)7-8-16-5-6-17(8)2/h5-6H,7,14H2,1-4H3,(H,15,19). The van der Waals surface area contributed by atoms with Gasteiger partial charge in [-0.3, -0.25) is 4.79 Å². The summed E-state index contributed by atoms with van der Waals surface area (Å²) < 4.78 is 7.30. The van der Waals surface area contributed by atoms with Gasteiger partial charge in [0.2, 0.25) is 0 Å². The van der Waals surface area contributed by atoms with Gasteiger partial charge in [0.15, 0.2) is 5.75 Å². The zero-order valence-corrected chi connectivity index (χ0v) is 13.3. The van der Waals surface area contributed by atoms with Gasteiger partial charge < -0.3 is 25.3 Å². The fourth-order valence-electron chi connectivity index (χ4n) is 1.98. The predicted octanol–water partition coefficient (Wildman–Crippen LogP) is 1.07. The van der Waals surface area contributed by atoms with Crippen molar-refractivity contribution in [1.82, 2.24) is 14.9 Å². The Morgan fingerprint density at radius 1 is 1.62 bits per heavy atom. The molecule has 2 heterocycles. The molecule has 21 heavy (non-hydrogen) atoms. The highest BCUT2D eigenvalue weighted by molar-refractivity contribution is 7.19. The van der Waals surface area contributed by atoms with Crippen LogP contribution in [0.15, 0.2) is 12.4 Å². The lowest BCUT2D eigenvalue weighted by molar-refractivity contribution is 0.0967. The average molecular weight is 309 g/mol. The number of nitrogens with two attached hydrogens (primary N) is 1. The monoisotopic (exact) mass is 309 g/mol. The molecule has 0 unspecified atom stereocenters. The second kappa shape index (κ2) is 6.04. The summed E-state index contributed by atoms with van der Waals surface area (Å²) in [6.45, 7) is 0.590. The fourth-order valence-corrected chi connectivity index (χ4v) is 3.08. The van der Waals surface area contributed by atoms with Gasteiger partial charge in [-0.05, 0) is 0 Å². The molecule has 3 N–H and O–H groups in total. The summed E-state index contributed by atoms with van der Waals surface area (Å²) >= 11 is 1.31. The van der Waals surface area contributed by atoms with Crippen LogP contribution in [0.1, 0.15) is 15.5 Å². The number of ether oxygens (including phenoxy) is 1. The number of carbonyl (C=O) groups is 1. The van der Waals surface area contributed by atoms with Crippen molar-refractivity contribution in [1.29, 1.82) is 0 Å². The predicted molar refractivity (Wildman–Crippen MR) is 84.0 cm³/mol. The number of nitrogens with zero attached hydrogens (tertiary/aromatic N) is 3. The number of rotatable bonds is 5. The highest BCUT2D eigenvalue weighted by Gasteiger charge is 2.23. The lowest BCUT2D eigenvalue weighted by Gasteiger charge is -2.18. The Kier molecular flexibility index (Phi) is 4.37. The van der Waals surface area contributed by atoms with Crippen molar-refractivity contribution >= 4 is 27.9 Å². The van der Waals surface area contributed by atoms with E-state index in [1.54, 1.807) is 20.4 Å². The van der Waals surface area contributed by atoms with E-state index < -0.39 is 0 Å². The molecule has 2 aromatic heterocycles. The first-order valence-electron chi connectivity index (χ1n) is 6.35. The van der Waals surface area contributed by atoms with Crippen molar-refractivity contribution in [3.05, 3.63) is 23.1 Å². The van der Waals surface area contributed by atoms with Crippen LogP contribution in [-0.2, 0) is 13.6 Å². The van der Waals surface area contributed by atoms with Crippen molar-refractivity contribution in [3.8, 4) is 5.75 Å². The van der Waals surface area contributed by atoms with Crippen molar-refractivity contribution < 1.29 is 9.53 Å². The van der Waals surface area contributed by atoms with Crippen molar-refractivity contribution in [2.75, 3.05) is 31.8 Å². The summed E-state index contributed by atoms with van der Waals surface area (Å²) in [6.07, 6.45) is 3.64. The van der Waals surface area contributed by atoms with Gasteiger partial charge in [-0.25, -0.2) is 4.98 Å². The summed E-state index contributed by atoms with van der Waals surface area (Å²) in [6, 6.07) is 0. The van der Waals surface area contributed by atoms with Gasteiger partial charge in [0.1, 0.15) is 21.4 Å². The number of hydrogen-bond donors (Lipinski definition) is 2. The SMILES string of the molecule is CNC(=O)c1sc(N(C)Cc2nccn2C)c(OC)c1N. The van der Waals surface area contributed by atoms with E-state index in [0.717, 1.165) is 10.8 Å². The van der Waals surface area contributed by atoms with Crippen LogP contribution < -0.4 is 20.7 Å². The van der Waals surface area contributed by atoms with Gasteiger partial charge in [-0.1, -0.05) is 0 Å². The van der Waals surface area contributed by atoms with Crippen LogP contribution in [0.2, 0.25) is 0 Å². The molecule has 0 atom stereocenters. The lowest BCUT2D eigenvalue weighted by Crippen LogP contribution is -2.18. The molecule has 0 radical (unpaired) electrons. The first kappa shape index (κ1) is 15.2. The Labute approximate surface area is 127 Å². The maximum Gasteiger partial charge on any atom is 0.263 e. The summed E-state index contributed by atoms with van der Waals surface area (Å²) in [4.78, 5) is 18.6. The Balaban J connectivity index is 2.34. The molecular weight excluding hydrogens is 290 g/mol. The van der Waals surface area contributed by atoms with Crippen molar-refractivity contribution in [3.63, 3.8) is 0 Å². The van der Waals surface area contributed by atoms with E-state index in [1.165, 1.54) is 11.3 Å². The first-order chi connectivity index (χ1) is 9.99. The molecule has 114 valence electrons. The third-order valence-corrected chi connectivity index (χ3v) is 4.47. The van der Waals surface area contributed by atoms with Crippen LogP contribution in [-0.4, -0.2) is 36.7 Å². The smallest absolute Gasteiger partial charge is 0.263 e. The maximum absolute atomic E-state index is 11.8. The molecule has 0 aromatic carbocycles. The molecular formula is C13H19N5O2S. The lowest BCUT2D eigenvalue weighted by atomic mass is 10.3. The number of amides is 1. The van der Waals surface area contributed by atoms with Crippen LogP contribution >= 0.6 is 11.3 Å². The molecule has 0 bridgehead atoms. The number of nitrogen functional groups attached to an aromatic ring is 1. The highest BCUT2D eigenvalue weighted by atomic mass is 32.1. The van der Waals surface area contributed by atoms with E-state index in [1.807, 2.05) is 29.8 Å². The molecule has 2 aromatic rings. The largest absolute Gasteiger partial charge is 0.492 e. The number of aryl methyl sites for hydroxylation is 1. The summed E-state index contributed by atoms with van der Waals surface area (Å²) in [7, 11) is 6.97. The van der Waals surface area contributed by atoms with Gasteiger partial charge >= 0.3 is 0 Å². The molecule has 0 aliphatic rings. The van der Waals surface area contributed by atoms with E-state index >= 15 is 0 Å². The molecule has 0 aliphatic heterocycles. The van der Waals surface area contributed by atoms with Gasteiger partial charge in [0.25, 0.3) is 5.91 Å². The third-order valence-electron chi connectivity index (χ3n) is 3.17. The topological polar surface area (TPSA) is 85.4 Å². The van der Waals surface area contributed by atoms with E-state index in [4.69, 9.17) is 10.5 Å². The molecule has 0 aliphatic carbocycles. The van der Waals surface area contributed by atoms with Gasteiger partial charge in [-0.15, -0.1) is 11.3 Å². The maximum atomic E-state index is 11.8. The van der Waals surface area contributed by atoms with Crippen LogP contribution in [0.5, 0.6) is 5.75 Å². The number of aromatic nitrogens is 2. The number of anilines is 2. The van der Waals surface area contributed by atoms with E-state index in [0.29, 0.717) is 22.9 Å². The van der Waals surface area contributed by atoms with Crippen molar-refractivity contribution in [2.24, 2.45) is 7.05 Å². The van der Waals surface area contributed by atoms with Crippen LogP contribution in [0.3, 0.4) is 0 Å². The van der Waals surface area contributed by atoms with Crippen LogP contribution in [0.25, 0.3) is 0 Å². The minimum absolute atomic E-state index is 0.215. The molecule has 7 nitrogen and oxygen atoms in total. The molecule has 8 heteroatoms. The molecule has 2 rings (SSSR count). The minimum atomic E-state index is -0.215. The van der Waals surface area contributed by atoms with Gasteiger partial charge in [0, 0.05) is 33.5 Å². The second-order valence-electron chi connectivity index (χ2n) is 4.57. The number of thiophene rings is 1. The summed E-state index contributed by atoms with van der Waals surface area (Å²) in [5, 5.41) is 3.38. The molecule has 0 saturated heterocycles. The summed E-state index contributed by atoms with van der Waals surface area (Å²) in [5.41, 5.74) is 6.37. The van der Waals surface area contributed by atoms with Crippen LogP contribution in [0, 0.1) is 0 Å². The zero-order valence-electron chi connectivity index (χ0n) is 12.5. The van der Waals surface area contributed by atoms with E-state index in [-0.39, 0.29) is 5.91 Å². The number of hydrogen-bond acceptors (Lipinski definition) is 6. The van der Waals surface area contributed by atoms with Gasteiger partial charge in [-0.2, -0.15) is 0 Å². The summed E-state index contributed by atoms with van der Waals surface area (Å²) in [5.74, 6) is 1.22. The number of nitrogens with one attached hydrogen (secondary N) is 1. The van der Waals surface area contributed by atoms with Gasteiger partial charge in [0.05, 0.1) is 13.7 Å². The Hall–Kier alpha value is -2.22. The first-order valence-corrected chi connectivity index (χ1v) is 7.16. The molecule has 0 spiro atoms. The Morgan fingerprint density at radius 3 is 2.86 bits per heavy atom. The van der Waals surface area contributed by atoms with Crippen LogP contribution in [0.4, 0.5) is 10.7 Å².